The van der Waals surface area contributed by atoms with Crippen LogP contribution in [0.2, 0.25) is 0 Å². The van der Waals surface area contributed by atoms with Gasteiger partial charge < -0.3 is 44.7 Å². The fourth-order valence-corrected chi connectivity index (χ4v) is 5.91. The van der Waals surface area contributed by atoms with Crippen molar-refractivity contribution >= 4 is 23.6 Å². The number of carbonyl (C=O) groups is 4. The average molecular weight is 716 g/mol. The van der Waals surface area contributed by atoms with Crippen molar-refractivity contribution in [1.29, 1.82) is 0 Å². The lowest BCUT2D eigenvalue weighted by atomic mass is 9.91. The molecule has 0 aromatic rings. The summed E-state index contributed by atoms with van der Waals surface area (Å²) in [6.45, 7) is 14.4. The first-order chi connectivity index (χ1) is 24.0. The lowest BCUT2D eigenvalue weighted by Crippen LogP contribution is -2.54. The number of hydrogen-bond acceptors (Lipinski definition) is 9. The van der Waals surface area contributed by atoms with Crippen LogP contribution in [0.1, 0.15) is 98.8 Å². The van der Waals surface area contributed by atoms with Gasteiger partial charge in [0.05, 0.1) is 58.3 Å². The number of ether oxygens (including phenoxy) is 4. The Kier molecular flexibility index (Phi) is 28.9. The standard InChI is InChI=1S/C37H73N5O8/c1-10-30(5)36(31(11-2)47-9)42(8)34(45)28-40-37(46)35(29(3)4)41(7)33(44)18-16-14-12-13-15-17-20-39-32(43)19-22-48-24-26-50-27-25-49-23-21-38-6/h29-31,35-36,38H,10-28H2,1-9H3,(H,39,43)(H,40,46). The predicted molar refractivity (Wildman–Crippen MR) is 198 cm³/mol. The molecular weight excluding hydrogens is 642 g/mol. The summed E-state index contributed by atoms with van der Waals surface area (Å²) >= 11 is 0. The van der Waals surface area contributed by atoms with Crippen LogP contribution >= 0.6 is 0 Å². The summed E-state index contributed by atoms with van der Waals surface area (Å²) in [6, 6.07) is -0.754. The largest absolute Gasteiger partial charge is 0.379 e. The van der Waals surface area contributed by atoms with E-state index in [-0.39, 0.29) is 54.2 Å². The molecule has 0 aromatic heterocycles. The SMILES string of the molecule is CCC(C)C(C(CC)OC)N(C)C(=O)CNC(=O)C(C(C)C)N(C)C(=O)CCCCCCCCNC(=O)CCOCCOCCOCCNC. The van der Waals surface area contributed by atoms with E-state index in [2.05, 4.69) is 29.8 Å². The summed E-state index contributed by atoms with van der Waals surface area (Å²) in [7, 11) is 6.99. The second kappa shape index (κ2) is 30.3. The first-order valence-electron chi connectivity index (χ1n) is 18.9. The van der Waals surface area contributed by atoms with E-state index in [4.69, 9.17) is 18.9 Å². The molecule has 50 heavy (non-hydrogen) atoms. The zero-order chi connectivity index (χ0) is 37.7. The fraction of sp³-hybridized carbons (Fsp3) is 0.892. The summed E-state index contributed by atoms with van der Waals surface area (Å²) in [5.41, 5.74) is 0. The van der Waals surface area contributed by atoms with E-state index >= 15 is 0 Å². The van der Waals surface area contributed by atoms with Crippen LogP contribution in [0.3, 0.4) is 0 Å². The van der Waals surface area contributed by atoms with Gasteiger partial charge in [0.25, 0.3) is 0 Å². The topological polar surface area (TPSA) is 148 Å². The highest BCUT2D eigenvalue weighted by Crippen LogP contribution is 2.21. The van der Waals surface area contributed by atoms with Gasteiger partial charge in [0, 0.05) is 47.1 Å². The molecule has 0 heterocycles. The van der Waals surface area contributed by atoms with E-state index in [0.29, 0.717) is 59.0 Å². The molecule has 0 rings (SSSR count). The van der Waals surface area contributed by atoms with Crippen molar-refractivity contribution in [3.05, 3.63) is 0 Å². The smallest absolute Gasteiger partial charge is 0.243 e. The zero-order valence-electron chi connectivity index (χ0n) is 33.0. The molecule has 0 spiro atoms. The maximum absolute atomic E-state index is 13.2. The molecule has 0 fully saturated rings. The van der Waals surface area contributed by atoms with Crippen molar-refractivity contribution in [2.24, 2.45) is 11.8 Å². The van der Waals surface area contributed by atoms with Crippen LogP contribution in [0, 0.1) is 11.8 Å². The van der Waals surface area contributed by atoms with Gasteiger partial charge in [-0.05, 0) is 38.1 Å². The van der Waals surface area contributed by atoms with Gasteiger partial charge in [-0.2, -0.15) is 0 Å². The van der Waals surface area contributed by atoms with Crippen molar-refractivity contribution in [2.45, 2.75) is 117 Å². The lowest BCUT2D eigenvalue weighted by Gasteiger charge is -2.37. The highest BCUT2D eigenvalue weighted by Gasteiger charge is 2.33. The molecule has 0 aromatic carbocycles. The monoisotopic (exact) mass is 716 g/mol. The summed E-state index contributed by atoms with van der Waals surface area (Å²) in [4.78, 5) is 54.5. The second-order valence-corrected chi connectivity index (χ2v) is 13.4. The Bertz CT molecular complexity index is 905. The molecule has 3 N–H and O–H groups in total. The molecule has 13 nitrogen and oxygen atoms in total. The molecule has 4 unspecified atom stereocenters. The Morgan fingerprint density at radius 3 is 1.80 bits per heavy atom. The predicted octanol–water partition coefficient (Wildman–Crippen LogP) is 3.39. The van der Waals surface area contributed by atoms with Crippen molar-refractivity contribution in [3.63, 3.8) is 0 Å². The molecule has 0 aliphatic carbocycles. The van der Waals surface area contributed by atoms with Crippen LogP contribution in [0.4, 0.5) is 0 Å². The Morgan fingerprint density at radius 1 is 0.660 bits per heavy atom. The minimum absolute atomic E-state index is 0.0127. The number of nitrogens with one attached hydrogen (secondary N) is 3. The van der Waals surface area contributed by atoms with Crippen molar-refractivity contribution in [2.75, 3.05) is 87.5 Å². The Balaban J connectivity index is 4.23. The third kappa shape index (κ3) is 21.1. The highest BCUT2D eigenvalue weighted by atomic mass is 16.5. The van der Waals surface area contributed by atoms with Gasteiger partial charge in [-0.25, -0.2) is 0 Å². The van der Waals surface area contributed by atoms with Gasteiger partial charge >= 0.3 is 0 Å². The molecule has 4 amide bonds. The van der Waals surface area contributed by atoms with E-state index in [0.717, 1.165) is 57.9 Å². The number of nitrogens with zero attached hydrogens (tertiary/aromatic N) is 2. The normalized spacial score (nSPS) is 13.8. The van der Waals surface area contributed by atoms with E-state index in [1.54, 1.807) is 26.1 Å². The minimum atomic E-state index is -0.659. The molecule has 13 heteroatoms. The molecule has 0 aliphatic rings. The van der Waals surface area contributed by atoms with Gasteiger partial charge in [0.1, 0.15) is 6.04 Å². The first kappa shape index (κ1) is 47.7. The molecule has 4 atom stereocenters. The third-order valence-electron chi connectivity index (χ3n) is 9.13. The third-order valence-corrected chi connectivity index (χ3v) is 9.13. The Labute approximate surface area is 303 Å². The molecule has 0 saturated carbocycles. The zero-order valence-corrected chi connectivity index (χ0v) is 33.0. The molecule has 294 valence electrons. The van der Waals surface area contributed by atoms with Crippen molar-refractivity contribution in [1.82, 2.24) is 25.8 Å². The van der Waals surface area contributed by atoms with E-state index in [9.17, 15) is 19.2 Å². The van der Waals surface area contributed by atoms with Crippen LogP contribution < -0.4 is 16.0 Å². The number of amides is 4. The van der Waals surface area contributed by atoms with Gasteiger partial charge in [0.15, 0.2) is 0 Å². The van der Waals surface area contributed by atoms with Crippen molar-refractivity contribution in [3.8, 4) is 0 Å². The minimum Gasteiger partial charge on any atom is -0.379 e. The lowest BCUT2D eigenvalue weighted by molar-refractivity contribution is -0.142. The molecule has 0 bridgehead atoms. The molecule has 0 radical (unpaired) electrons. The summed E-state index contributed by atoms with van der Waals surface area (Å²) < 4.78 is 21.9. The van der Waals surface area contributed by atoms with Crippen LogP contribution in [0.15, 0.2) is 0 Å². The maximum atomic E-state index is 13.2. The highest BCUT2D eigenvalue weighted by molar-refractivity contribution is 5.90. The average Bonchev–Trinajstić information content (AvgIpc) is 3.10. The number of unbranched alkanes of at least 4 members (excludes halogenated alkanes) is 5. The number of hydrogen-bond donors (Lipinski definition) is 3. The van der Waals surface area contributed by atoms with Gasteiger partial charge in [-0.3, -0.25) is 19.2 Å². The van der Waals surface area contributed by atoms with Crippen LogP contribution in [-0.4, -0.2) is 139 Å². The number of likely N-dealkylation sites (N-methyl/N-ethyl adjacent to an activating group) is 3. The summed E-state index contributed by atoms with van der Waals surface area (Å²) in [6.07, 6.45) is 7.92. The Hall–Kier alpha value is -2.32. The van der Waals surface area contributed by atoms with Crippen molar-refractivity contribution < 1.29 is 38.1 Å². The number of methoxy groups -OCH3 is 1. The van der Waals surface area contributed by atoms with Crippen LogP contribution in [0.5, 0.6) is 0 Å². The molecule has 0 saturated heterocycles. The molecule has 0 aliphatic heterocycles. The number of rotatable bonds is 32. The van der Waals surface area contributed by atoms with E-state index in [1.165, 1.54) is 4.90 Å². The van der Waals surface area contributed by atoms with Crippen LogP contribution in [-0.2, 0) is 38.1 Å². The number of carbonyl (C=O) groups excluding carboxylic acids is 4. The van der Waals surface area contributed by atoms with Gasteiger partial charge in [-0.15, -0.1) is 0 Å². The van der Waals surface area contributed by atoms with Gasteiger partial charge in [-0.1, -0.05) is 66.7 Å². The maximum Gasteiger partial charge on any atom is 0.243 e. The second-order valence-electron chi connectivity index (χ2n) is 13.4. The fourth-order valence-electron chi connectivity index (χ4n) is 5.91. The summed E-state index contributed by atoms with van der Waals surface area (Å²) in [5, 5.41) is 8.74. The molecular formula is C37H73N5O8. The summed E-state index contributed by atoms with van der Waals surface area (Å²) in [5.74, 6) is -0.463. The Morgan fingerprint density at radius 2 is 1.24 bits per heavy atom. The van der Waals surface area contributed by atoms with Gasteiger partial charge in [0.2, 0.25) is 23.6 Å². The van der Waals surface area contributed by atoms with Crippen LogP contribution in [0.25, 0.3) is 0 Å². The first-order valence-corrected chi connectivity index (χ1v) is 18.9. The van der Waals surface area contributed by atoms with E-state index in [1.807, 2.05) is 27.8 Å². The quantitative estimate of drug-likeness (QED) is 0.0893. The van der Waals surface area contributed by atoms with E-state index < -0.39 is 6.04 Å².